The van der Waals surface area contributed by atoms with Crippen LogP contribution in [0.1, 0.15) is 17.8 Å². The zero-order chi connectivity index (χ0) is 10.2. The van der Waals surface area contributed by atoms with Crippen molar-refractivity contribution in [1.29, 1.82) is 0 Å². The Hall–Kier alpha value is -1.27. The van der Waals surface area contributed by atoms with Gasteiger partial charge in [0.1, 0.15) is 5.82 Å². The molecule has 1 aromatic rings. The van der Waals surface area contributed by atoms with Gasteiger partial charge in [0.2, 0.25) is 0 Å². The van der Waals surface area contributed by atoms with Crippen LogP contribution in [0.5, 0.6) is 0 Å². The molecule has 0 saturated heterocycles. The Labute approximate surface area is 88.9 Å². The van der Waals surface area contributed by atoms with Crippen LogP contribution in [0, 0.1) is 19.3 Å². The standard InChI is InChI=1S/C11H12N2S/c1-3-4-5-6-14-9-11-12-7-10(2)8-13-11/h1,5-8H,4,9H2,2H3/b6-5-. The number of terminal acetylenes is 1. The van der Waals surface area contributed by atoms with E-state index in [-0.39, 0.29) is 0 Å². The van der Waals surface area contributed by atoms with Crippen molar-refractivity contribution in [3.63, 3.8) is 0 Å². The Balaban J connectivity index is 2.32. The lowest BCUT2D eigenvalue weighted by atomic mass is 10.4. The number of hydrogen-bond acceptors (Lipinski definition) is 3. The molecule has 0 aliphatic carbocycles. The molecular weight excluding hydrogens is 192 g/mol. The van der Waals surface area contributed by atoms with Crippen LogP contribution in [0.4, 0.5) is 0 Å². The van der Waals surface area contributed by atoms with E-state index in [4.69, 9.17) is 6.42 Å². The Bertz CT molecular complexity index is 335. The molecule has 72 valence electrons. The molecule has 0 atom stereocenters. The van der Waals surface area contributed by atoms with Crippen molar-refractivity contribution in [3.8, 4) is 12.3 Å². The highest BCUT2D eigenvalue weighted by Gasteiger charge is 1.93. The van der Waals surface area contributed by atoms with Gasteiger partial charge in [-0.3, -0.25) is 0 Å². The van der Waals surface area contributed by atoms with Gasteiger partial charge in [-0.1, -0.05) is 6.08 Å². The molecule has 0 aliphatic heterocycles. The first-order valence-corrected chi connectivity index (χ1v) is 5.35. The molecule has 0 bridgehead atoms. The van der Waals surface area contributed by atoms with Crippen molar-refractivity contribution in [2.45, 2.75) is 19.1 Å². The van der Waals surface area contributed by atoms with Crippen LogP contribution < -0.4 is 0 Å². The summed E-state index contributed by atoms with van der Waals surface area (Å²) >= 11 is 1.65. The molecule has 0 fully saturated rings. The summed E-state index contributed by atoms with van der Waals surface area (Å²) in [5.41, 5.74) is 1.08. The summed E-state index contributed by atoms with van der Waals surface area (Å²) < 4.78 is 0. The van der Waals surface area contributed by atoms with E-state index in [1.165, 1.54) is 0 Å². The van der Waals surface area contributed by atoms with Gasteiger partial charge in [-0.15, -0.1) is 24.1 Å². The van der Waals surface area contributed by atoms with E-state index in [1.807, 2.05) is 30.8 Å². The van der Waals surface area contributed by atoms with E-state index in [2.05, 4.69) is 15.9 Å². The van der Waals surface area contributed by atoms with Crippen LogP contribution >= 0.6 is 11.8 Å². The van der Waals surface area contributed by atoms with Gasteiger partial charge in [0, 0.05) is 18.8 Å². The fourth-order valence-corrected chi connectivity index (χ4v) is 1.43. The number of aromatic nitrogens is 2. The van der Waals surface area contributed by atoms with Crippen molar-refractivity contribution >= 4 is 11.8 Å². The van der Waals surface area contributed by atoms with Gasteiger partial charge in [0.25, 0.3) is 0 Å². The third kappa shape index (κ3) is 4.11. The number of nitrogens with zero attached hydrogens (tertiary/aromatic N) is 2. The number of thioether (sulfide) groups is 1. The monoisotopic (exact) mass is 204 g/mol. The SMILES string of the molecule is C#CC/C=C\SCc1ncc(C)cn1. The lowest BCUT2D eigenvalue weighted by Crippen LogP contribution is -1.91. The summed E-state index contributed by atoms with van der Waals surface area (Å²) in [6, 6.07) is 0. The quantitative estimate of drug-likeness (QED) is 0.705. The highest BCUT2D eigenvalue weighted by atomic mass is 32.2. The van der Waals surface area contributed by atoms with Crippen LogP contribution in [-0.4, -0.2) is 9.97 Å². The Morgan fingerprint density at radius 3 is 2.86 bits per heavy atom. The van der Waals surface area contributed by atoms with Crippen LogP contribution in [0.3, 0.4) is 0 Å². The lowest BCUT2D eigenvalue weighted by molar-refractivity contribution is 1.02. The van der Waals surface area contributed by atoms with E-state index in [1.54, 1.807) is 11.8 Å². The molecule has 0 radical (unpaired) electrons. The molecule has 2 nitrogen and oxygen atoms in total. The predicted molar refractivity (Wildman–Crippen MR) is 60.7 cm³/mol. The molecule has 0 unspecified atom stereocenters. The highest BCUT2D eigenvalue weighted by Crippen LogP contribution is 2.09. The highest BCUT2D eigenvalue weighted by molar-refractivity contribution is 8.01. The Kier molecular flexibility index (Phi) is 4.81. The van der Waals surface area contributed by atoms with Crippen molar-refractivity contribution in [2.24, 2.45) is 0 Å². The van der Waals surface area contributed by atoms with Gasteiger partial charge in [-0.25, -0.2) is 9.97 Å². The molecule has 0 aromatic carbocycles. The van der Waals surface area contributed by atoms with Crippen molar-refractivity contribution in [3.05, 3.63) is 35.3 Å². The summed E-state index contributed by atoms with van der Waals surface area (Å²) in [5, 5.41) is 1.99. The molecule has 1 aromatic heterocycles. The van der Waals surface area contributed by atoms with Crippen LogP contribution in [0.25, 0.3) is 0 Å². The first-order valence-electron chi connectivity index (χ1n) is 4.30. The molecule has 0 saturated carbocycles. The zero-order valence-corrected chi connectivity index (χ0v) is 8.92. The zero-order valence-electron chi connectivity index (χ0n) is 8.10. The van der Waals surface area contributed by atoms with E-state index in [0.717, 1.165) is 17.1 Å². The first-order chi connectivity index (χ1) is 6.83. The molecule has 0 spiro atoms. The Morgan fingerprint density at radius 2 is 2.21 bits per heavy atom. The molecule has 0 amide bonds. The minimum Gasteiger partial charge on any atom is -0.240 e. The number of hydrogen-bond donors (Lipinski definition) is 0. The second-order valence-corrected chi connectivity index (χ2v) is 3.66. The lowest BCUT2D eigenvalue weighted by Gasteiger charge is -1.96. The van der Waals surface area contributed by atoms with E-state index < -0.39 is 0 Å². The number of aryl methyl sites for hydroxylation is 1. The van der Waals surface area contributed by atoms with Crippen molar-refractivity contribution in [2.75, 3.05) is 0 Å². The minimum absolute atomic E-state index is 0.682. The van der Waals surface area contributed by atoms with Crippen LogP contribution in [-0.2, 0) is 5.75 Å². The third-order valence-corrected chi connectivity index (χ3v) is 2.28. The molecule has 1 heterocycles. The number of allylic oxidation sites excluding steroid dienone is 1. The summed E-state index contributed by atoms with van der Waals surface area (Å²) in [6.07, 6.45) is 11.4. The minimum atomic E-state index is 0.682. The van der Waals surface area contributed by atoms with Gasteiger partial charge >= 0.3 is 0 Å². The van der Waals surface area contributed by atoms with E-state index >= 15 is 0 Å². The second kappa shape index (κ2) is 6.22. The van der Waals surface area contributed by atoms with Crippen LogP contribution in [0.2, 0.25) is 0 Å². The van der Waals surface area contributed by atoms with Crippen molar-refractivity contribution in [1.82, 2.24) is 9.97 Å². The first kappa shape index (κ1) is 10.8. The summed E-state index contributed by atoms with van der Waals surface area (Å²) in [7, 11) is 0. The van der Waals surface area contributed by atoms with Gasteiger partial charge in [0.15, 0.2) is 0 Å². The maximum absolute atomic E-state index is 5.10. The summed E-state index contributed by atoms with van der Waals surface area (Å²) in [5.74, 6) is 4.19. The molecule has 14 heavy (non-hydrogen) atoms. The van der Waals surface area contributed by atoms with Gasteiger partial charge in [-0.05, 0) is 17.9 Å². The maximum atomic E-state index is 5.10. The topological polar surface area (TPSA) is 25.8 Å². The van der Waals surface area contributed by atoms with E-state index in [9.17, 15) is 0 Å². The fourth-order valence-electron chi connectivity index (χ4n) is 0.801. The summed E-state index contributed by atoms with van der Waals surface area (Å²) in [6.45, 7) is 1.98. The average Bonchev–Trinajstić information content (AvgIpc) is 2.21. The van der Waals surface area contributed by atoms with Gasteiger partial charge in [-0.2, -0.15) is 0 Å². The molecule has 1 rings (SSSR count). The third-order valence-electron chi connectivity index (χ3n) is 1.47. The summed E-state index contributed by atoms with van der Waals surface area (Å²) in [4.78, 5) is 8.38. The molecular formula is C11H12N2S. The largest absolute Gasteiger partial charge is 0.240 e. The van der Waals surface area contributed by atoms with Crippen molar-refractivity contribution < 1.29 is 0 Å². The normalized spacial score (nSPS) is 10.3. The van der Waals surface area contributed by atoms with Crippen LogP contribution in [0.15, 0.2) is 23.9 Å². The van der Waals surface area contributed by atoms with E-state index in [0.29, 0.717) is 6.42 Å². The maximum Gasteiger partial charge on any atom is 0.138 e. The second-order valence-electron chi connectivity index (χ2n) is 2.77. The number of rotatable bonds is 4. The Morgan fingerprint density at radius 1 is 1.50 bits per heavy atom. The molecule has 3 heteroatoms. The fraction of sp³-hybridized carbons (Fsp3) is 0.273. The van der Waals surface area contributed by atoms with Gasteiger partial charge in [0.05, 0.1) is 5.75 Å². The molecule has 0 aliphatic rings. The molecule has 0 N–H and O–H groups in total. The average molecular weight is 204 g/mol. The van der Waals surface area contributed by atoms with Gasteiger partial charge < -0.3 is 0 Å². The predicted octanol–water partition coefficient (Wildman–Crippen LogP) is 2.56. The smallest absolute Gasteiger partial charge is 0.138 e.